The summed E-state index contributed by atoms with van der Waals surface area (Å²) >= 11 is 0. The highest BCUT2D eigenvalue weighted by Gasteiger charge is 2.33. The zero-order chi connectivity index (χ0) is 16.6. The van der Waals surface area contributed by atoms with Gasteiger partial charge in [0.1, 0.15) is 0 Å². The fraction of sp³-hybridized carbons (Fsp3) is 0.562. The number of pyridine rings is 1. The molecule has 2 aromatic rings. The highest BCUT2D eigenvalue weighted by Crippen LogP contribution is 2.32. The molecule has 0 saturated heterocycles. The standard InChI is InChI=1S/C16H23N5O2/c1-3-4-5-6-21-15-11(7-18-21)14(17)13-12(19-15)9-20(16(13)23)8-10(2)22/h7,10,22H,3-6,8-9H2,1-2H3,(H2,17,19). The van der Waals surface area contributed by atoms with Gasteiger partial charge in [-0.2, -0.15) is 5.10 Å². The van der Waals surface area contributed by atoms with Crippen molar-refractivity contribution in [3.63, 3.8) is 0 Å². The number of aliphatic hydroxyl groups is 1. The number of carbonyl (C=O) groups excluding carboxylic acids is 1. The van der Waals surface area contributed by atoms with Gasteiger partial charge in [0.2, 0.25) is 0 Å². The van der Waals surface area contributed by atoms with E-state index in [-0.39, 0.29) is 12.5 Å². The average molecular weight is 317 g/mol. The van der Waals surface area contributed by atoms with Gasteiger partial charge in [0, 0.05) is 13.1 Å². The van der Waals surface area contributed by atoms with E-state index in [1.807, 2.05) is 4.68 Å². The Bertz CT molecular complexity index is 738. The molecule has 0 aromatic carbocycles. The van der Waals surface area contributed by atoms with E-state index in [1.54, 1.807) is 18.0 Å². The largest absolute Gasteiger partial charge is 0.397 e. The van der Waals surface area contributed by atoms with Gasteiger partial charge in [0.25, 0.3) is 5.91 Å². The lowest BCUT2D eigenvalue weighted by Gasteiger charge is -2.16. The molecule has 0 fully saturated rings. The summed E-state index contributed by atoms with van der Waals surface area (Å²) in [4.78, 5) is 18.7. The molecule has 0 aliphatic carbocycles. The van der Waals surface area contributed by atoms with E-state index < -0.39 is 6.10 Å². The second-order valence-corrected chi connectivity index (χ2v) is 6.19. The van der Waals surface area contributed by atoms with Crippen molar-refractivity contribution < 1.29 is 9.90 Å². The highest BCUT2D eigenvalue weighted by atomic mass is 16.3. The Hall–Kier alpha value is -2.15. The molecule has 1 aliphatic heterocycles. The first-order chi connectivity index (χ1) is 11.0. The van der Waals surface area contributed by atoms with Gasteiger partial charge in [0.05, 0.1) is 41.2 Å². The number of rotatable bonds is 6. The fourth-order valence-corrected chi connectivity index (χ4v) is 3.07. The van der Waals surface area contributed by atoms with Crippen LogP contribution in [0.2, 0.25) is 0 Å². The Kier molecular flexibility index (Phi) is 4.21. The summed E-state index contributed by atoms with van der Waals surface area (Å²) < 4.78 is 1.86. The number of aliphatic hydroxyl groups excluding tert-OH is 1. The molecule has 1 atom stereocenters. The molecule has 23 heavy (non-hydrogen) atoms. The molecule has 124 valence electrons. The minimum atomic E-state index is -0.576. The van der Waals surface area contributed by atoms with Crippen molar-refractivity contribution in [2.45, 2.75) is 52.3 Å². The first kappa shape index (κ1) is 15.7. The van der Waals surface area contributed by atoms with Crippen molar-refractivity contribution in [1.29, 1.82) is 0 Å². The summed E-state index contributed by atoms with van der Waals surface area (Å²) in [6.45, 7) is 5.29. The molecular weight excluding hydrogens is 294 g/mol. The number of aromatic nitrogens is 3. The number of β-amino-alcohol motifs (C(OH)–C–C–N with tert-alkyl or cyclic N) is 1. The van der Waals surface area contributed by atoms with Gasteiger partial charge in [-0.15, -0.1) is 0 Å². The maximum absolute atomic E-state index is 12.5. The van der Waals surface area contributed by atoms with Crippen molar-refractivity contribution in [2.75, 3.05) is 12.3 Å². The SMILES string of the molecule is CCCCCn1ncc2c(N)c3c(nc21)CN(CC(C)O)C3=O. The van der Waals surface area contributed by atoms with Crippen molar-refractivity contribution >= 4 is 22.6 Å². The summed E-state index contributed by atoms with van der Waals surface area (Å²) in [7, 11) is 0. The number of fused-ring (bicyclic) bond motifs is 2. The highest BCUT2D eigenvalue weighted by molar-refractivity contribution is 6.08. The molecule has 0 saturated carbocycles. The number of unbranched alkanes of at least 4 members (excludes halogenated alkanes) is 2. The monoisotopic (exact) mass is 317 g/mol. The summed E-state index contributed by atoms with van der Waals surface area (Å²) in [6, 6.07) is 0. The van der Waals surface area contributed by atoms with Crippen LogP contribution in [-0.2, 0) is 13.1 Å². The van der Waals surface area contributed by atoms with E-state index in [1.165, 1.54) is 0 Å². The van der Waals surface area contributed by atoms with Gasteiger partial charge in [-0.1, -0.05) is 19.8 Å². The molecular formula is C16H23N5O2. The van der Waals surface area contributed by atoms with E-state index in [9.17, 15) is 9.90 Å². The number of hydrogen-bond acceptors (Lipinski definition) is 5. The molecule has 7 heteroatoms. The molecule has 1 unspecified atom stereocenters. The second-order valence-electron chi connectivity index (χ2n) is 6.19. The third kappa shape index (κ3) is 2.76. The lowest BCUT2D eigenvalue weighted by Crippen LogP contribution is -2.31. The Balaban J connectivity index is 1.96. The Morgan fingerprint density at radius 2 is 2.22 bits per heavy atom. The molecule has 3 heterocycles. The Morgan fingerprint density at radius 3 is 2.91 bits per heavy atom. The number of amides is 1. The maximum atomic E-state index is 12.5. The molecule has 3 N–H and O–H groups in total. The van der Waals surface area contributed by atoms with Crippen LogP contribution in [0.3, 0.4) is 0 Å². The third-order valence-electron chi connectivity index (χ3n) is 4.20. The zero-order valence-electron chi connectivity index (χ0n) is 13.6. The third-order valence-corrected chi connectivity index (χ3v) is 4.20. The topological polar surface area (TPSA) is 97.3 Å². The number of carbonyl (C=O) groups is 1. The quantitative estimate of drug-likeness (QED) is 0.788. The molecule has 1 amide bonds. The van der Waals surface area contributed by atoms with E-state index in [2.05, 4.69) is 17.0 Å². The van der Waals surface area contributed by atoms with Crippen molar-refractivity contribution in [2.24, 2.45) is 0 Å². The molecule has 2 aromatic heterocycles. The van der Waals surface area contributed by atoms with Crippen molar-refractivity contribution in [1.82, 2.24) is 19.7 Å². The predicted octanol–water partition coefficient (Wildman–Crippen LogP) is 1.54. The molecule has 1 aliphatic rings. The molecule has 3 rings (SSSR count). The normalized spacial score (nSPS) is 15.4. The van der Waals surface area contributed by atoms with E-state index in [4.69, 9.17) is 5.73 Å². The lowest BCUT2D eigenvalue weighted by atomic mass is 10.1. The molecule has 0 spiro atoms. The minimum absolute atomic E-state index is 0.161. The Labute approximate surface area is 135 Å². The first-order valence-electron chi connectivity index (χ1n) is 8.14. The molecule has 0 bridgehead atoms. The minimum Gasteiger partial charge on any atom is -0.397 e. The van der Waals surface area contributed by atoms with Crippen LogP contribution in [0, 0.1) is 0 Å². The van der Waals surface area contributed by atoms with Gasteiger partial charge in [-0.05, 0) is 13.3 Å². The lowest BCUT2D eigenvalue weighted by molar-refractivity contribution is 0.0672. The van der Waals surface area contributed by atoms with Crippen LogP contribution in [0.5, 0.6) is 0 Å². The number of nitrogens with two attached hydrogens (primary N) is 1. The van der Waals surface area contributed by atoms with Crippen LogP contribution < -0.4 is 5.73 Å². The summed E-state index contributed by atoms with van der Waals surface area (Å²) in [5.74, 6) is -0.161. The van der Waals surface area contributed by atoms with Crippen LogP contribution in [0.15, 0.2) is 6.20 Å². The molecule has 0 radical (unpaired) electrons. The van der Waals surface area contributed by atoms with Crippen LogP contribution in [0.25, 0.3) is 11.0 Å². The number of nitrogen functional groups attached to an aromatic ring is 1. The first-order valence-corrected chi connectivity index (χ1v) is 8.14. The van der Waals surface area contributed by atoms with Crippen LogP contribution in [0.1, 0.15) is 49.2 Å². The van der Waals surface area contributed by atoms with Crippen LogP contribution >= 0.6 is 0 Å². The van der Waals surface area contributed by atoms with Gasteiger partial charge >= 0.3 is 0 Å². The van der Waals surface area contributed by atoms with E-state index >= 15 is 0 Å². The summed E-state index contributed by atoms with van der Waals surface area (Å²) in [5, 5.41) is 14.6. The van der Waals surface area contributed by atoms with Gasteiger partial charge < -0.3 is 15.7 Å². The Morgan fingerprint density at radius 1 is 1.43 bits per heavy atom. The number of anilines is 1. The van der Waals surface area contributed by atoms with Gasteiger partial charge in [0.15, 0.2) is 5.65 Å². The second kappa shape index (κ2) is 6.16. The maximum Gasteiger partial charge on any atom is 0.258 e. The van der Waals surface area contributed by atoms with E-state index in [0.29, 0.717) is 23.5 Å². The number of aryl methyl sites for hydroxylation is 1. The smallest absolute Gasteiger partial charge is 0.258 e. The predicted molar refractivity (Wildman–Crippen MR) is 87.9 cm³/mol. The van der Waals surface area contributed by atoms with Crippen LogP contribution in [0.4, 0.5) is 5.69 Å². The fourth-order valence-electron chi connectivity index (χ4n) is 3.07. The molecule has 7 nitrogen and oxygen atoms in total. The average Bonchev–Trinajstić information content (AvgIpc) is 3.02. The van der Waals surface area contributed by atoms with E-state index in [0.717, 1.165) is 36.8 Å². The van der Waals surface area contributed by atoms with Crippen LogP contribution in [-0.4, -0.2) is 43.3 Å². The summed E-state index contributed by atoms with van der Waals surface area (Å²) in [6.07, 6.45) is 4.44. The van der Waals surface area contributed by atoms with Crippen molar-refractivity contribution in [3.05, 3.63) is 17.5 Å². The summed E-state index contributed by atoms with van der Waals surface area (Å²) in [5.41, 5.74) is 8.55. The number of nitrogens with zero attached hydrogens (tertiary/aromatic N) is 4. The van der Waals surface area contributed by atoms with Crippen molar-refractivity contribution in [3.8, 4) is 0 Å². The zero-order valence-corrected chi connectivity index (χ0v) is 13.6. The number of hydrogen-bond donors (Lipinski definition) is 2. The van der Waals surface area contributed by atoms with Gasteiger partial charge in [-0.25, -0.2) is 9.67 Å². The van der Waals surface area contributed by atoms with Gasteiger partial charge in [-0.3, -0.25) is 4.79 Å².